The van der Waals surface area contributed by atoms with Crippen molar-refractivity contribution < 1.29 is 13.9 Å². The van der Waals surface area contributed by atoms with Crippen LogP contribution >= 0.6 is 0 Å². The number of nitriles is 1. The van der Waals surface area contributed by atoms with Gasteiger partial charge in [-0.15, -0.1) is 0 Å². The molecule has 2 aromatic carbocycles. The molecule has 0 aliphatic carbocycles. The minimum absolute atomic E-state index is 0.0167. The van der Waals surface area contributed by atoms with E-state index in [2.05, 4.69) is 6.07 Å². The third-order valence-electron chi connectivity index (χ3n) is 4.03. The van der Waals surface area contributed by atoms with Gasteiger partial charge in [-0.3, -0.25) is 4.79 Å². The van der Waals surface area contributed by atoms with Gasteiger partial charge in [0.05, 0.1) is 18.7 Å². The van der Waals surface area contributed by atoms with E-state index in [0.717, 1.165) is 11.1 Å². The summed E-state index contributed by atoms with van der Waals surface area (Å²) in [6.45, 7) is 2.82. The zero-order chi connectivity index (χ0) is 18.2. The molecule has 0 N–H and O–H groups in total. The lowest BCUT2D eigenvalue weighted by atomic mass is 10.1. The van der Waals surface area contributed by atoms with E-state index in [1.54, 1.807) is 29.2 Å². The summed E-state index contributed by atoms with van der Waals surface area (Å²) in [5.74, 6) is -0.219. The maximum Gasteiger partial charge on any atom is 0.223 e. The van der Waals surface area contributed by atoms with Crippen molar-refractivity contribution in [3.05, 3.63) is 65.0 Å². The molecular formula is C20H21FN2O2. The highest BCUT2D eigenvalue weighted by Gasteiger charge is 2.13. The number of carbonyl (C=O) groups is 1. The first-order valence-electron chi connectivity index (χ1n) is 8.16. The quantitative estimate of drug-likeness (QED) is 0.772. The van der Waals surface area contributed by atoms with Gasteiger partial charge in [0, 0.05) is 19.5 Å². The molecule has 0 unspecified atom stereocenters. The number of amides is 1. The van der Waals surface area contributed by atoms with E-state index in [0.29, 0.717) is 31.5 Å². The molecule has 25 heavy (non-hydrogen) atoms. The van der Waals surface area contributed by atoms with Crippen molar-refractivity contribution in [2.45, 2.75) is 26.3 Å². The van der Waals surface area contributed by atoms with Crippen LogP contribution in [0.3, 0.4) is 0 Å². The zero-order valence-corrected chi connectivity index (χ0v) is 14.5. The smallest absolute Gasteiger partial charge is 0.223 e. The Labute approximate surface area is 147 Å². The second kappa shape index (κ2) is 8.84. The average molecular weight is 340 g/mol. The Kier molecular flexibility index (Phi) is 6.53. The van der Waals surface area contributed by atoms with Crippen LogP contribution in [0.1, 0.15) is 30.0 Å². The average Bonchev–Trinajstić information content (AvgIpc) is 2.64. The molecular weight excluding hydrogens is 319 g/mol. The van der Waals surface area contributed by atoms with Crippen LogP contribution in [-0.2, 0) is 17.8 Å². The molecule has 2 rings (SSSR count). The maximum absolute atomic E-state index is 13.8. The van der Waals surface area contributed by atoms with Gasteiger partial charge in [-0.05, 0) is 48.7 Å². The first-order chi connectivity index (χ1) is 12.1. The second-order valence-electron chi connectivity index (χ2n) is 5.69. The van der Waals surface area contributed by atoms with Crippen LogP contribution in [0.5, 0.6) is 5.75 Å². The highest BCUT2D eigenvalue weighted by molar-refractivity contribution is 5.76. The molecule has 4 nitrogen and oxygen atoms in total. The third kappa shape index (κ3) is 5.05. The highest BCUT2D eigenvalue weighted by atomic mass is 19.1. The number of methoxy groups -OCH3 is 1. The molecule has 1 amide bonds. The minimum atomic E-state index is -0.430. The number of benzene rings is 2. The van der Waals surface area contributed by atoms with Crippen molar-refractivity contribution in [1.82, 2.24) is 4.90 Å². The molecule has 0 fully saturated rings. The van der Waals surface area contributed by atoms with Crippen molar-refractivity contribution >= 4 is 5.91 Å². The van der Waals surface area contributed by atoms with Crippen molar-refractivity contribution in [2.24, 2.45) is 0 Å². The van der Waals surface area contributed by atoms with Crippen LogP contribution in [0.25, 0.3) is 0 Å². The van der Waals surface area contributed by atoms with Gasteiger partial charge in [-0.1, -0.05) is 18.2 Å². The normalized spacial score (nSPS) is 10.2. The van der Waals surface area contributed by atoms with E-state index < -0.39 is 5.82 Å². The van der Waals surface area contributed by atoms with Crippen molar-refractivity contribution in [1.29, 1.82) is 5.26 Å². The molecule has 0 heterocycles. The summed E-state index contributed by atoms with van der Waals surface area (Å²) >= 11 is 0. The zero-order valence-electron chi connectivity index (χ0n) is 14.5. The highest BCUT2D eigenvalue weighted by Crippen LogP contribution is 2.19. The Morgan fingerprint density at radius 2 is 1.88 bits per heavy atom. The molecule has 2 aromatic rings. The van der Waals surface area contributed by atoms with E-state index >= 15 is 0 Å². The molecule has 0 saturated heterocycles. The van der Waals surface area contributed by atoms with Crippen LogP contribution in [0, 0.1) is 17.1 Å². The Hall–Kier alpha value is -2.87. The Balaban J connectivity index is 1.95. The number of carbonyl (C=O) groups excluding carboxylic acids is 1. The summed E-state index contributed by atoms with van der Waals surface area (Å²) in [5.41, 5.74) is 2.34. The Bertz CT molecular complexity index is 766. The Morgan fingerprint density at radius 3 is 2.44 bits per heavy atom. The Morgan fingerprint density at radius 1 is 1.20 bits per heavy atom. The van der Waals surface area contributed by atoms with Gasteiger partial charge in [0.25, 0.3) is 0 Å². The third-order valence-corrected chi connectivity index (χ3v) is 4.03. The largest absolute Gasteiger partial charge is 0.494 e. The molecule has 0 spiro atoms. The molecule has 130 valence electrons. The minimum Gasteiger partial charge on any atom is -0.494 e. The van der Waals surface area contributed by atoms with E-state index in [-0.39, 0.29) is 11.7 Å². The topological polar surface area (TPSA) is 53.3 Å². The van der Waals surface area contributed by atoms with Gasteiger partial charge in [0.2, 0.25) is 5.91 Å². The molecule has 0 aliphatic heterocycles. The van der Waals surface area contributed by atoms with E-state index in [9.17, 15) is 9.18 Å². The van der Waals surface area contributed by atoms with Crippen LogP contribution in [-0.4, -0.2) is 24.5 Å². The van der Waals surface area contributed by atoms with Crippen molar-refractivity contribution in [3.8, 4) is 11.8 Å². The number of nitrogens with zero attached hydrogens (tertiary/aromatic N) is 2. The lowest BCUT2D eigenvalue weighted by molar-refractivity contribution is -0.131. The van der Waals surface area contributed by atoms with Crippen LogP contribution in [0.15, 0.2) is 42.5 Å². The van der Waals surface area contributed by atoms with Crippen LogP contribution in [0.4, 0.5) is 4.39 Å². The lowest BCUT2D eigenvalue weighted by Gasteiger charge is -2.21. The SMILES string of the molecule is CCN(Cc1ccc(OC)c(F)c1)C(=O)CCc1ccc(C#N)cc1. The predicted octanol–water partition coefficient (Wildman–Crippen LogP) is 3.69. The number of hydrogen-bond acceptors (Lipinski definition) is 3. The van der Waals surface area contributed by atoms with E-state index in [1.807, 2.05) is 19.1 Å². The fourth-order valence-corrected chi connectivity index (χ4v) is 2.56. The second-order valence-corrected chi connectivity index (χ2v) is 5.69. The summed E-state index contributed by atoms with van der Waals surface area (Å²) in [4.78, 5) is 14.1. The first kappa shape index (κ1) is 18.5. The van der Waals surface area contributed by atoms with Gasteiger partial charge in [0.15, 0.2) is 11.6 Å². The number of aryl methyl sites for hydroxylation is 1. The van der Waals surface area contributed by atoms with Crippen molar-refractivity contribution in [3.63, 3.8) is 0 Å². The van der Waals surface area contributed by atoms with Gasteiger partial charge >= 0.3 is 0 Å². The summed E-state index contributed by atoms with van der Waals surface area (Å²) in [7, 11) is 1.42. The monoisotopic (exact) mass is 340 g/mol. The summed E-state index contributed by atoms with van der Waals surface area (Å²) in [5, 5.41) is 8.80. The van der Waals surface area contributed by atoms with E-state index in [4.69, 9.17) is 10.00 Å². The van der Waals surface area contributed by atoms with E-state index in [1.165, 1.54) is 13.2 Å². The van der Waals surface area contributed by atoms with Gasteiger partial charge in [-0.2, -0.15) is 5.26 Å². The molecule has 0 saturated carbocycles. The molecule has 0 atom stereocenters. The summed E-state index contributed by atoms with van der Waals surface area (Å²) in [6, 6.07) is 14.0. The van der Waals surface area contributed by atoms with Crippen LogP contribution < -0.4 is 4.74 Å². The molecule has 0 aromatic heterocycles. The summed E-state index contributed by atoms with van der Waals surface area (Å²) in [6.07, 6.45) is 0.983. The number of halogens is 1. The lowest BCUT2D eigenvalue weighted by Crippen LogP contribution is -2.30. The van der Waals surface area contributed by atoms with Gasteiger partial charge in [-0.25, -0.2) is 4.39 Å². The molecule has 5 heteroatoms. The fourth-order valence-electron chi connectivity index (χ4n) is 2.56. The predicted molar refractivity (Wildman–Crippen MR) is 93.5 cm³/mol. The van der Waals surface area contributed by atoms with Crippen molar-refractivity contribution in [2.75, 3.05) is 13.7 Å². The number of ether oxygens (including phenoxy) is 1. The standard InChI is InChI=1S/C20H21FN2O2/c1-3-23(14-17-8-10-19(25-2)18(21)12-17)20(24)11-9-15-4-6-16(13-22)7-5-15/h4-8,10,12H,3,9,11,14H2,1-2H3. The number of hydrogen-bond donors (Lipinski definition) is 0. The van der Waals surface area contributed by atoms with Crippen LogP contribution in [0.2, 0.25) is 0 Å². The van der Waals surface area contributed by atoms with Gasteiger partial charge < -0.3 is 9.64 Å². The number of rotatable bonds is 7. The fraction of sp³-hybridized carbons (Fsp3) is 0.300. The molecule has 0 radical (unpaired) electrons. The molecule has 0 bridgehead atoms. The maximum atomic E-state index is 13.8. The first-order valence-corrected chi connectivity index (χ1v) is 8.16. The summed E-state index contributed by atoms with van der Waals surface area (Å²) < 4.78 is 18.7. The van der Waals surface area contributed by atoms with Gasteiger partial charge in [0.1, 0.15) is 0 Å². The molecule has 0 aliphatic rings.